The van der Waals surface area contributed by atoms with Gasteiger partial charge in [-0.2, -0.15) is 0 Å². The molecule has 1 aliphatic carbocycles. The quantitative estimate of drug-likeness (QED) is 0.525. The Balaban J connectivity index is 1.88. The molecule has 0 unspecified atom stereocenters. The predicted molar refractivity (Wildman–Crippen MR) is 99.3 cm³/mol. The molecule has 23 heavy (non-hydrogen) atoms. The fourth-order valence-electron chi connectivity index (χ4n) is 3.24. The summed E-state index contributed by atoms with van der Waals surface area (Å²) in [6.45, 7) is 9.50. The summed E-state index contributed by atoms with van der Waals surface area (Å²) in [5.41, 5.74) is 4.71. The van der Waals surface area contributed by atoms with E-state index in [2.05, 4.69) is 62.7 Å². The van der Waals surface area contributed by atoms with Crippen molar-refractivity contribution in [2.45, 2.75) is 51.4 Å². The van der Waals surface area contributed by atoms with Crippen LogP contribution in [0.3, 0.4) is 0 Å². The van der Waals surface area contributed by atoms with E-state index in [1.165, 1.54) is 28.4 Å². The zero-order chi connectivity index (χ0) is 16.5. The van der Waals surface area contributed by atoms with E-state index in [0.717, 1.165) is 5.56 Å². The number of hydrogen-bond donors (Lipinski definition) is 0. The predicted octanol–water partition coefficient (Wildman–Crippen LogP) is 4.17. The summed E-state index contributed by atoms with van der Waals surface area (Å²) < 4.78 is 1.39. The number of fused-ring (bicyclic) bond motifs is 1. The maximum absolute atomic E-state index is 3.37. The van der Waals surface area contributed by atoms with Crippen LogP contribution in [0.5, 0.6) is 0 Å². The van der Waals surface area contributed by atoms with Gasteiger partial charge in [0.25, 0.3) is 0 Å². The van der Waals surface area contributed by atoms with Crippen molar-refractivity contribution in [2.24, 2.45) is 0 Å². The molecule has 0 amide bonds. The van der Waals surface area contributed by atoms with E-state index in [4.69, 9.17) is 0 Å². The van der Waals surface area contributed by atoms with Gasteiger partial charge in [-0.1, -0.05) is 0 Å². The summed E-state index contributed by atoms with van der Waals surface area (Å²) in [6, 6.07) is 18.0. The molecule has 0 N–H and O–H groups in total. The van der Waals surface area contributed by atoms with Crippen molar-refractivity contribution >= 4 is 19.4 Å². The Morgan fingerprint density at radius 3 is 2.26 bits per heavy atom. The van der Waals surface area contributed by atoms with Gasteiger partial charge in [-0.15, -0.1) is 0 Å². The molecule has 0 bridgehead atoms. The van der Waals surface area contributed by atoms with Crippen molar-refractivity contribution in [2.75, 3.05) is 0 Å². The van der Waals surface area contributed by atoms with E-state index in [-0.39, 0.29) is 20.4 Å². The molecule has 0 nitrogen and oxygen atoms in total. The molecule has 1 radical (unpaired) electrons. The fraction of sp³-hybridized carbons (Fsp3) is 0.364. The Hall–Kier alpha value is -1.48. The van der Waals surface area contributed by atoms with E-state index < -0.39 is 0 Å². The van der Waals surface area contributed by atoms with Crippen LogP contribution in [0, 0.1) is 16.8 Å². The first kappa shape index (κ1) is 16.4. The zero-order valence-corrected chi connectivity index (χ0v) is 16.1. The molecule has 0 saturated carbocycles. The minimum atomic E-state index is 0.201. The average Bonchev–Trinajstić information content (AvgIpc) is 2.53. The van der Waals surface area contributed by atoms with Crippen molar-refractivity contribution in [3.63, 3.8) is 0 Å². The second kappa shape index (κ2) is 6.20. The third-order valence-electron chi connectivity index (χ3n) is 4.91. The summed E-state index contributed by atoms with van der Waals surface area (Å²) in [4.78, 5) is 3.37. The molecular weight excluding hydrogens is 343 g/mol. The summed E-state index contributed by atoms with van der Waals surface area (Å²) in [5.74, 6) is 3.27. The molecule has 2 aromatic carbocycles. The molecule has 0 fully saturated rings. The van der Waals surface area contributed by atoms with Crippen LogP contribution in [0.4, 0.5) is 0 Å². The van der Waals surface area contributed by atoms with Crippen LogP contribution in [-0.4, -0.2) is 15.0 Å². The van der Waals surface area contributed by atoms with Crippen LogP contribution < -0.4 is 4.46 Å². The van der Waals surface area contributed by atoms with Gasteiger partial charge in [0.05, 0.1) is 0 Å². The Kier molecular flexibility index (Phi) is 4.41. The van der Waals surface area contributed by atoms with E-state index in [1.54, 1.807) is 0 Å². The van der Waals surface area contributed by atoms with E-state index >= 15 is 0 Å². The first-order valence-corrected chi connectivity index (χ1v) is 9.89. The SMILES string of the molecule is CC1(C)CCC(C)(C)c2cc([Se]C#Cc3cc[c]cc3)ccc21. The van der Waals surface area contributed by atoms with Gasteiger partial charge < -0.3 is 0 Å². The van der Waals surface area contributed by atoms with Crippen molar-refractivity contribution in [1.82, 2.24) is 0 Å². The van der Waals surface area contributed by atoms with Gasteiger partial charge in [0.15, 0.2) is 0 Å². The van der Waals surface area contributed by atoms with Crippen molar-refractivity contribution in [3.8, 4) is 10.7 Å². The molecule has 0 heterocycles. The molecule has 117 valence electrons. The topological polar surface area (TPSA) is 0 Å². The van der Waals surface area contributed by atoms with Gasteiger partial charge in [0.1, 0.15) is 0 Å². The third kappa shape index (κ3) is 3.55. The fourth-order valence-corrected chi connectivity index (χ4v) is 4.50. The first-order valence-electron chi connectivity index (χ1n) is 8.17. The van der Waals surface area contributed by atoms with E-state index in [1.807, 2.05) is 24.3 Å². The minimum absolute atomic E-state index is 0.201. The number of hydrogen-bond acceptors (Lipinski definition) is 0. The van der Waals surface area contributed by atoms with Gasteiger partial charge in [-0.25, -0.2) is 0 Å². The van der Waals surface area contributed by atoms with Gasteiger partial charge in [0, 0.05) is 0 Å². The van der Waals surface area contributed by atoms with Crippen LogP contribution in [0.2, 0.25) is 0 Å². The second-order valence-electron chi connectivity index (χ2n) is 7.59. The maximum atomic E-state index is 3.37. The molecule has 0 saturated heterocycles. The third-order valence-corrected chi connectivity index (χ3v) is 6.36. The van der Waals surface area contributed by atoms with Gasteiger partial charge in [0.2, 0.25) is 0 Å². The Morgan fingerprint density at radius 1 is 0.913 bits per heavy atom. The van der Waals surface area contributed by atoms with Crippen molar-refractivity contribution in [1.29, 1.82) is 0 Å². The molecule has 1 aliphatic rings. The van der Waals surface area contributed by atoms with Gasteiger partial charge >= 0.3 is 147 Å². The van der Waals surface area contributed by atoms with Gasteiger partial charge in [-0.05, 0) is 0 Å². The average molecular weight is 366 g/mol. The van der Waals surface area contributed by atoms with Crippen molar-refractivity contribution in [3.05, 3.63) is 65.2 Å². The van der Waals surface area contributed by atoms with Crippen LogP contribution in [-0.2, 0) is 10.8 Å². The molecule has 0 spiro atoms. The summed E-state index contributed by atoms with van der Waals surface area (Å²) in [5, 5.41) is 0. The number of rotatable bonds is 1. The molecule has 2 aromatic rings. The Morgan fingerprint density at radius 2 is 1.57 bits per heavy atom. The van der Waals surface area contributed by atoms with Crippen molar-refractivity contribution < 1.29 is 0 Å². The molecule has 3 rings (SSSR count). The first-order chi connectivity index (χ1) is 10.9. The normalized spacial score (nSPS) is 17.7. The summed E-state index contributed by atoms with van der Waals surface area (Å²) in [6.07, 6.45) is 2.53. The Labute approximate surface area is 146 Å². The van der Waals surface area contributed by atoms with Crippen LogP contribution in [0.1, 0.15) is 57.2 Å². The Bertz CT molecular complexity index is 758. The summed E-state index contributed by atoms with van der Waals surface area (Å²) >= 11 is 0.201. The second-order valence-corrected chi connectivity index (χ2v) is 9.44. The number of benzene rings is 2. The standard InChI is InChI=1S/C22H23Se/c1-21(2)13-14-22(3,4)20-16-18(10-11-19(20)21)23-15-12-17-8-6-5-7-9-17/h6-11,16H,13-14H2,1-4H3. The van der Waals surface area contributed by atoms with Gasteiger partial charge in [-0.3, -0.25) is 0 Å². The molecule has 0 atom stereocenters. The molecule has 0 aliphatic heterocycles. The van der Waals surface area contributed by atoms with Crippen LogP contribution in [0.25, 0.3) is 0 Å². The van der Waals surface area contributed by atoms with Crippen LogP contribution in [0.15, 0.2) is 42.5 Å². The zero-order valence-electron chi connectivity index (χ0n) is 14.4. The van der Waals surface area contributed by atoms with Crippen LogP contribution >= 0.6 is 0 Å². The van der Waals surface area contributed by atoms with E-state index in [9.17, 15) is 0 Å². The molecule has 1 heteroatoms. The monoisotopic (exact) mass is 367 g/mol. The summed E-state index contributed by atoms with van der Waals surface area (Å²) in [7, 11) is 0. The molecule has 0 aromatic heterocycles. The van der Waals surface area contributed by atoms with E-state index in [0.29, 0.717) is 5.41 Å². The molecular formula is C22H23Se.